The molecule has 0 bridgehead atoms. The van der Waals surface area contributed by atoms with E-state index in [1.807, 2.05) is 19.1 Å². The van der Waals surface area contributed by atoms with Gasteiger partial charge in [0.2, 0.25) is 5.78 Å². The van der Waals surface area contributed by atoms with Crippen LogP contribution in [0.3, 0.4) is 0 Å². The molecular weight excluding hydrogens is 384 g/mol. The van der Waals surface area contributed by atoms with Gasteiger partial charge in [-0.05, 0) is 62.1 Å². The minimum atomic E-state index is -0.986. The Balaban J connectivity index is 1.39. The first-order chi connectivity index (χ1) is 14.3. The highest BCUT2D eigenvalue weighted by Gasteiger charge is 2.55. The number of benzene rings is 1. The fraction of sp³-hybridized carbons (Fsp3) is 0.565. The minimum absolute atomic E-state index is 0.0176. The van der Waals surface area contributed by atoms with Gasteiger partial charge in [-0.25, -0.2) is 4.79 Å². The minimum Gasteiger partial charge on any atom is -0.453 e. The molecule has 30 heavy (non-hydrogen) atoms. The first-order valence-corrected chi connectivity index (χ1v) is 10.8. The van der Waals surface area contributed by atoms with Crippen molar-refractivity contribution in [3.05, 3.63) is 34.9 Å². The summed E-state index contributed by atoms with van der Waals surface area (Å²) in [6.07, 6.45) is 5.41. The van der Waals surface area contributed by atoms with Crippen molar-refractivity contribution < 1.29 is 23.9 Å². The summed E-state index contributed by atoms with van der Waals surface area (Å²) in [4.78, 5) is 51.4. The van der Waals surface area contributed by atoms with Crippen molar-refractivity contribution in [3.8, 4) is 0 Å². The zero-order valence-electron chi connectivity index (χ0n) is 17.5. The van der Waals surface area contributed by atoms with Crippen molar-refractivity contribution in [1.82, 2.24) is 10.2 Å². The Morgan fingerprint density at radius 1 is 1.20 bits per heavy atom. The molecule has 1 N–H and O–H groups in total. The Kier molecular flexibility index (Phi) is 5.38. The lowest BCUT2D eigenvalue weighted by Crippen LogP contribution is -2.54. The summed E-state index contributed by atoms with van der Waals surface area (Å²) in [5.74, 6) is -1.40. The third-order valence-corrected chi connectivity index (χ3v) is 6.85. The van der Waals surface area contributed by atoms with Gasteiger partial charge >= 0.3 is 12.0 Å². The quantitative estimate of drug-likeness (QED) is 0.456. The van der Waals surface area contributed by atoms with Gasteiger partial charge in [-0.3, -0.25) is 19.3 Å². The molecule has 3 aliphatic rings. The molecule has 0 aromatic heterocycles. The highest BCUT2D eigenvalue weighted by atomic mass is 16.5. The second kappa shape index (κ2) is 7.85. The van der Waals surface area contributed by atoms with E-state index in [4.69, 9.17) is 4.74 Å². The number of nitrogens with zero attached hydrogens (tertiary/aromatic N) is 1. The molecule has 2 fully saturated rings. The smallest absolute Gasteiger partial charge is 0.326 e. The number of hydrogen-bond acceptors (Lipinski definition) is 5. The molecule has 1 aromatic carbocycles. The lowest BCUT2D eigenvalue weighted by molar-refractivity contribution is -0.150. The van der Waals surface area contributed by atoms with E-state index in [9.17, 15) is 19.2 Å². The lowest BCUT2D eigenvalue weighted by atomic mass is 9.73. The van der Waals surface area contributed by atoms with Crippen molar-refractivity contribution in [3.63, 3.8) is 0 Å². The Labute approximate surface area is 176 Å². The molecule has 4 rings (SSSR count). The van der Waals surface area contributed by atoms with Gasteiger partial charge < -0.3 is 10.1 Å². The number of ketones is 1. The number of fused-ring (bicyclic) bond motifs is 1. The Morgan fingerprint density at radius 3 is 2.73 bits per heavy atom. The third kappa shape index (κ3) is 3.50. The molecule has 1 aromatic rings. The van der Waals surface area contributed by atoms with Gasteiger partial charge in [-0.2, -0.15) is 0 Å². The van der Waals surface area contributed by atoms with Crippen LogP contribution in [0.25, 0.3) is 0 Å². The van der Waals surface area contributed by atoms with Crippen molar-refractivity contribution in [2.24, 2.45) is 5.92 Å². The second-order valence-electron chi connectivity index (χ2n) is 8.77. The van der Waals surface area contributed by atoms with Crippen LogP contribution in [-0.2, 0) is 27.2 Å². The molecule has 1 spiro atoms. The Morgan fingerprint density at radius 2 is 1.97 bits per heavy atom. The number of rotatable bonds is 5. The SMILES string of the molecule is C[C@H](OC(=O)CN1C(=O)N[C@@]2(CCCC[C@@H]2C)C1=O)C(=O)c1ccc2c(c1)CCC2. The molecule has 160 valence electrons. The molecule has 3 atom stereocenters. The number of amides is 3. The van der Waals surface area contributed by atoms with E-state index < -0.39 is 30.2 Å². The highest BCUT2D eigenvalue weighted by molar-refractivity contribution is 6.09. The van der Waals surface area contributed by atoms with Gasteiger partial charge in [0, 0.05) is 5.56 Å². The molecule has 1 aliphatic heterocycles. The summed E-state index contributed by atoms with van der Waals surface area (Å²) in [7, 11) is 0. The van der Waals surface area contributed by atoms with Crippen LogP contribution in [0.1, 0.15) is 67.4 Å². The van der Waals surface area contributed by atoms with Crippen LogP contribution in [0.5, 0.6) is 0 Å². The summed E-state index contributed by atoms with van der Waals surface area (Å²) >= 11 is 0. The number of hydrogen-bond donors (Lipinski definition) is 1. The lowest BCUT2D eigenvalue weighted by Gasteiger charge is -2.36. The predicted molar refractivity (Wildman–Crippen MR) is 109 cm³/mol. The van der Waals surface area contributed by atoms with Gasteiger partial charge in [0.1, 0.15) is 12.1 Å². The first-order valence-electron chi connectivity index (χ1n) is 10.8. The number of carbonyl (C=O) groups is 4. The number of esters is 1. The number of imide groups is 1. The van der Waals surface area contributed by atoms with Gasteiger partial charge in [0.25, 0.3) is 5.91 Å². The molecule has 7 nitrogen and oxygen atoms in total. The monoisotopic (exact) mass is 412 g/mol. The molecule has 2 aliphatic carbocycles. The van der Waals surface area contributed by atoms with E-state index in [1.54, 1.807) is 6.07 Å². The summed E-state index contributed by atoms with van der Waals surface area (Å²) < 4.78 is 5.28. The fourth-order valence-electron chi connectivity index (χ4n) is 5.02. The standard InChI is InChI=1S/C23H28N2O5/c1-14-6-3-4-11-23(14)21(28)25(22(29)24-23)13-19(26)30-15(2)20(27)18-10-9-16-7-5-8-17(16)12-18/h9-10,12,14-15H,3-8,11,13H2,1-2H3,(H,24,29)/t14-,15-,23+/m0/s1. The zero-order valence-corrected chi connectivity index (χ0v) is 17.5. The molecule has 1 heterocycles. The molecular formula is C23H28N2O5. The molecule has 0 unspecified atom stereocenters. The van der Waals surface area contributed by atoms with Crippen molar-refractivity contribution in [2.75, 3.05) is 6.54 Å². The summed E-state index contributed by atoms with van der Waals surface area (Å²) in [6, 6.07) is 5.04. The second-order valence-corrected chi connectivity index (χ2v) is 8.77. The number of ether oxygens (including phenoxy) is 1. The van der Waals surface area contributed by atoms with E-state index in [1.165, 1.54) is 18.1 Å². The summed E-state index contributed by atoms with van der Waals surface area (Å²) in [6.45, 7) is 2.99. The maximum atomic E-state index is 13.0. The molecule has 0 radical (unpaired) electrons. The Bertz CT molecular complexity index is 911. The van der Waals surface area contributed by atoms with E-state index in [0.717, 1.165) is 43.4 Å². The largest absolute Gasteiger partial charge is 0.453 e. The third-order valence-electron chi connectivity index (χ3n) is 6.85. The molecule has 1 saturated carbocycles. The van der Waals surface area contributed by atoms with Crippen molar-refractivity contribution in [1.29, 1.82) is 0 Å². The van der Waals surface area contributed by atoms with Crippen LogP contribution in [-0.4, -0.2) is 46.8 Å². The van der Waals surface area contributed by atoms with E-state index in [0.29, 0.717) is 12.0 Å². The summed E-state index contributed by atoms with van der Waals surface area (Å²) in [5.41, 5.74) is 2.04. The molecule has 7 heteroatoms. The van der Waals surface area contributed by atoms with Gasteiger partial charge in [-0.15, -0.1) is 0 Å². The van der Waals surface area contributed by atoms with Crippen LogP contribution >= 0.6 is 0 Å². The highest BCUT2D eigenvalue weighted by Crippen LogP contribution is 2.38. The fourth-order valence-corrected chi connectivity index (χ4v) is 5.02. The number of carbonyl (C=O) groups excluding carboxylic acids is 4. The van der Waals surface area contributed by atoms with Gasteiger partial charge in [0.05, 0.1) is 0 Å². The normalized spacial score (nSPS) is 26.5. The van der Waals surface area contributed by atoms with Gasteiger partial charge in [-0.1, -0.05) is 31.9 Å². The van der Waals surface area contributed by atoms with E-state index >= 15 is 0 Å². The average molecular weight is 412 g/mol. The molecule has 3 amide bonds. The van der Waals surface area contributed by atoms with Gasteiger partial charge in [0.15, 0.2) is 6.10 Å². The number of nitrogens with one attached hydrogen (secondary N) is 1. The van der Waals surface area contributed by atoms with Crippen LogP contribution in [0.15, 0.2) is 18.2 Å². The number of urea groups is 1. The van der Waals surface area contributed by atoms with E-state index in [-0.39, 0.29) is 17.6 Å². The average Bonchev–Trinajstić information content (AvgIpc) is 3.28. The van der Waals surface area contributed by atoms with Crippen LogP contribution < -0.4 is 5.32 Å². The van der Waals surface area contributed by atoms with Crippen molar-refractivity contribution >= 4 is 23.7 Å². The summed E-state index contributed by atoms with van der Waals surface area (Å²) in [5, 5.41) is 2.81. The number of aryl methyl sites for hydroxylation is 2. The Hall–Kier alpha value is -2.70. The maximum Gasteiger partial charge on any atom is 0.326 e. The topological polar surface area (TPSA) is 92.8 Å². The van der Waals surface area contributed by atoms with Crippen LogP contribution in [0, 0.1) is 5.92 Å². The maximum absolute atomic E-state index is 13.0. The van der Waals surface area contributed by atoms with Crippen molar-refractivity contribution in [2.45, 2.75) is 70.4 Å². The zero-order chi connectivity index (χ0) is 21.5. The first kappa shape index (κ1) is 20.6. The molecule has 1 saturated heterocycles. The number of Topliss-reactive ketones (excluding diaryl/α,β-unsaturated/α-hetero) is 1. The van der Waals surface area contributed by atoms with E-state index in [2.05, 4.69) is 5.32 Å². The van der Waals surface area contributed by atoms with Crippen LogP contribution in [0.4, 0.5) is 4.79 Å². The van der Waals surface area contributed by atoms with Crippen LogP contribution in [0.2, 0.25) is 0 Å². The predicted octanol–water partition coefficient (Wildman–Crippen LogP) is 2.79.